The van der Waals surface area contributed by atoms with E-state index in [1.807, 2.05) is 0 Å². The summed E-state index contributed by atoms with van der Waals surface area (Å²) in [5.74, 6) is -12.7. The van der Waals surface area contributed by atoms with Crippen molar-refractivity contribution in [2.75, 3.05) is 10.6 Å². The van der Waals surface area contributed by atoms with Gasteiger partial charge in [0.15, 0.2) is 23.1 Å². The minimum Gasteiger partial charge on any atom is -0.504 e. The maximum atomic E-state index is 16.1. The van der Waals surface area contributed by atoms with Gasteiger partial charge in [0.2, 0.25) is 11.6 Å². The predicted molar refractivity (Wildman–Crippen MR) is 282 cm³/mol. The molecule has 0 aromatic heterocycles. The van der Waals surface area contributed by atoms with E-state index in [-0.39, 0.29) is 78.4 Å². The number of aliphatic hydroxyl groups is 2. The molecule has 0 spiro atoms. The third-order valence-corrected chi connectivity index (χ3v) is 13.4. The van der Waals surface area contributed by atoms with E-state index >= 15 is 9.59 Å². The second kappa shape index (κ2) is 21.5. The van der Waals surface area contributed by atoms with Crippen molar-refractivity contribution < 1.29 is 69.0 Å². The Bertz CT molecular complexity index is 3490. The van der Waals surface area contributed by atoms with E-state index in [1.54, 1.807) is 27.7 Å². The summed E-state index contributed by atoms with van der Waals surface area (Å²) in [5, 5.41) is 87.7. The highest BCUT2D eigenvalue weighted by atomic mass is 16.4. The van der Waals surface area contributed by atoms with Gasteiger partial charge in [0.25, 0.3) is 0 Å². The van der Waals surface area contributed by atoms with Crippen molar-refractivity contribution in [3.8, 4) is 0 Å². The average Bonchev–Trinajstić information content (AvgIpc) is 3.41. The fourth-order valence-corrected chi connectivity index (χ4v) is 9.88. The number of nitrogens with one attached hydrogen (secondary N) is 2. The zero-order valence-electron chi connectivity index (χ0n) is 42.4. The fraction of sp³-hybridized carbons (Fsp3) is 0.172. The number of anilines is 2. The number of aliphatic hydroxyl groups excluding tert-OH is 2. The molecule has 20 nitrogen and oxygen atoms in total. The molecular formula is C58H48N6O14. The molecule has 0 bridgehead atoms. The second-order valence-corrected chi connectivity index (χ2v) is 18.8. The molecule has 2 unspecified atom stereocenters. The number of carbonyl (C=O) groups excluding carboxylic acids is 4. The highest BCUT2D eigenvalue weighted by Gasteiger charge is 2.50. The van der Waals surface area contributed by atoms with Crippen LogP contribution in [0.25, 0.3) is 0 Å². The van der Waals surface area contributed by atoms with Crippen LogP contribution in [0.5, 0.6) is 0 Å². The molecule has 78 heavy (non-hydrogen) atoms. The average molecular weight is 1050 g/mol. The lowest BCUT2D eigenvalue weighted by Gasteiger charge is -2.38. The normalized spacial score (nSPS) is 19.1. The summed E-state index contributed by atoms with van der Waals surface area (Å²) >= 11 is 0. The molecule has 0 heterocycles. The summed E-state index contributed by atoms with van der Waals surface area (Å²) in [7, 11) is 0. The number of rotatable bonds is 15. The van der Waals surface area contributed by atoms with Crippen molar-refractivity contribution in [1.82, 2.24) is 0 Å². The van der Waals surface area contributed by atoms with E-state index in [0.29, 0.717) is 0 Å². The summed E-state index contributed by atoms with van der Waals surface area (Å²) < 4.78 is 0. The minimum atomic E-state index is -1.53. The summed E-state index contributed by atoms with van der Waals surface area (Å²) in [6, 6.07) is 19.4. The van der Waals surface area contributed by atoms with Crippen LogP contribution in [0.3, 0.4) is 0 Å². The van der Waals surface area contributed by atoms with Crippen LogP contribution in [0.4, 0.5) is 22.7 Å². The van der Waals surface area contributed by atoms with Crippen LogP contribution in [0.15, 0.2) is 208 Å². The molecule has 8 N–H and O–H groups in total. The van der Waals surface area contributed by atoms with E-state index < -0.39 is 116 Å². The van der Waals surface area contributed by atoms with Gasteiger partial charge in [-0.25, -0.2) is 19.2 Å². The number of allylic oxidation sites excluding steroid dienone is 6. The Morgan fingerprint density at radius 1 is 0.462 bits per heavy atom. The number of azo groups is 2. The Balaban J connectivity index is 1.47. The maximum absolute atomic E-state index is 16.1. The van der Waals surface area contributed by atoms with Gasteiger partial charge in [-0.1, -0.05) is 76.2 Å². The summed E-state index contributed by atoms with van der Waals surface area (Å²) in [6.45, 7) is 9.36. The summed E-state index contributed by atoms with van der Waals surface area (Å²) in [5.41, 5.74) is -4.46. The maximum Gasteiger partial charge on any atom is 0.337 e. The van der Waals surface area contributed by atoms with Gasteiger partial charge in [0, 0.05) is 57.0 Å². The zero-order valence-corrected chi connectivity index (χ0v) is 42.4. The molecule has 0 aliphatic heterocycles. The standard InChI is InChI=1S/C58H48N6O14/c1-25(2)39-45-43(33(49(65)53(39)69)23-59-35-19-11-7-15-29(35)55(71)72)51(67)41(27(5)47(45)63-61-37-21-13-9-17-31(37)57(75)76)42-28(6)48(64-62-38-22-14-10-18-32(38)58(77)78)46-40(26(3)4)54(70)50(66)34(44(46)52(42)68)24-60-36-20-12-8-16-30(36)56(73)74/h7-26,47-48,59-60,69-70H,1-6H3,(H,71,72)(H,73,74)(H,75,76)(H,77,78)/b33-23-,34-24-,63-61?,64-62?. The Labute approximate surface area is 444 Å². The van der Waals surface area contributed by atoms with Crippen molar-refractivity contribution in [1.29, 1.82) is 0 Å². The number of nitrogens with zero attached hydrogens (tertiary/aromatic N) is 4. The molecule has 0 saturated carbocycles. The Morgan fingerprint density at radius 3 is 1.09 bits per heavy atom. The van der Waals surface area contributed by atoms with E-state index in [4.69, 9.17) is 0 Å². The fourth-order valence-electron chi connectivity index (χ4n) is 9.88. The topological polar surface area (TPSA) is 331 Å². The van der Waals surface area contributed by atoms with Crippen molar-refractivity contribution >= 4 is 69.8 Å². The zero-order chi connectivity index (χ0) is 56.6. The number of benzene rings is 4. The number of Topliss-reactive ketones (excluding diaryl/α,β-unsaturated/α-hetero) is 4. The second-order valence-electron chi connectivity index (χ2n) is 18.8. The van der Waals surface area contributed by atoms with Crippen LogP contribution in [-0.4, -0.2) is 89.7 Å². The van der Waals surface area contributed by atoms with Crippen LogP contribution < -0.4 is 10.6 Å². The van der Waals surface area contributed by atoms with Crippen LogP contribution in [-0.2, 0) is 19.2 Å². The predicted octanol–water partition coefficient (Wildman–Crippen LogP) is 10.6. The smallest absolute Gasteiger partial charge is 0.337 e. The van der Waals surface area contributed by atoms with Gasteiger partial charge in [0.05, 0.1) is 56.1 Å². The molecule has 20 heteroatoms. The number of carboxylic acid groups (broad SMARTS) is 4. The first-order valence-electron chi connectivity index (χ1n) is 24.1. The van der Waals surface area contributed by atoms with Crippen LogP contribution in [0.2, 0.25) is 0 Å². The molecule has 4 aliphatic carbocycles. The van der Waals surface area contributed by atoms with Crippen LogP contribution in [0, 0.1) is 11.8 Å². The monoisotopic (exact) mass is 1050 g/mol. The molecule has 4 aromatic carbocycles. The lowest BCUT2D eigenvalue weighted by atomic mass is 9.65. The number of hydrogen-bond acceptors (Lipinski definition) is 16. The van der Waals surface area contributed by atoms with Crippen molar-refractivity contribution in [3.05, 3.63) is 210 Å². The van der Waals surface area contributed by atoms with Crippen LogP contribution in [0.1, 0.15) is 83.0 Å². The number of hydrogen-bond donors (Lipinski definition) is 8. The van der Waals surface area contributed by atoms with Gasteiger partial charge >= 0.3 is 23.9 Å². The quantitative estimate of drug-likeness (QED) is 0.0405. The number of carboxylic acids is 4. The van der Waals surface area contributed by atoms with Gasteiger partial charge in [0.1, 0.15) is 12.1 Å². The Morgan fingerprint density at radius 2 is 0.769 bits per heavy atom. The molecule has 0 radical (unpaired) electrons. The van der Waals surface area contributed by atoms with Crippen LogP contribution >= 0.6 is 0 Å². The highest BCUT2D eigenvalue weighted by molar-refractivity contribution is 6.34. The van der Waals surface area contributed by atoms with Gasteiger partial charge in [-0.3, -0.25) is 19.2 Å². The third kappa shape index (κ3) is 9.57. The highest BCUT2D eigenvalue weighted by Crippen LogP contribution is 2.51. The molecule has 0 amide bonds. The first-order valence-corrected chi connectivity index (χ1v) is 24.1. The summed E-state index contributed by atoms with van der Waals surface area (Å²) in [6.07, 6.45) is 2.06. The first-order chi connectivity index (χ1) is 37.1. The van der Waals surface area contributed by atoms with Crippen molar-refractivity contribution in [2.45, 2.75) is 53.6 Å². The van der Waals surface area contributed by atoms with E-state index in [1.165, 1.54) is 111 Å². The molecule has 2 atom stereocenters. The molecule has 8 rings (SSSR count). The van der Waals surface area contributed by atoms with Crippen molar-refractivity contribution in [3.63, 3.8) is 0 Å². The minimum absolute atomic E-state index is 0.0291. The largest absolute Gasteiger partial charge is 0.504 e. The molecule has 4 aromatic rings. The molecule has 0 saturated heterocycles. The number of aromatic carboxylic acids is 4. The van der Waals surface area contributed by atoms with Gasteiger partial charge in [-0.05, 0) is 85.4 Å². The Kier molecular flexibility index (Phi) is 14.9. The SMILES string of the molecule is CC1=C(C2=C(C)C(N=Nc3ccccc3C(=O)O)C3=C(C2=O)/C(=C/Nc2ccccc2C(=O)O)C(=O)C(O)=C3C(C)C)C(=O)C2=C(C(C(C)C)=C(O)C(=O)/C2=C\Nc2ccccc2C(=O)O)C1N=Nc1ccccc1C(=O)O. The van der Waals surface area contributed by atoms with Gasteiger partial charge in [-0.2, -0.15) is 20.5 Å². The summed E-state index contributed by atoms with van der Waals surface area (Å²) in [4.78, 5) is 111. The van der Waals surface area contributed by atoms with E-state index in [9.17, 15) is 59.4 Å². The number of para-hydroxylation sites is 2. The first kappa shape index (κ1) is 54.0. The lowest BCUT2D eigenvalue weighted by Crippen LogP contribution is -2.39. The Hall–Kier alpha value is -10.2. The number of carbonyl (C=O) groups is 8. The van der Waals surface area contributed by atoms with E-state index in [0.717, 1.165) is 12.4 Å². The van der Waals surface area contributed by atoms with Crippen molar-refractivity contribution in [2.24, 2.45) is 32.3 Å². The molecule has 4 aliphatic rings. The molecule has 0 fully saturated rings. The van der Waals surface area contributed by atoms with Gasteiger partial charge < -0.3 is 41.3 Å². The molecule has 394 valence electrons. The van der Waals surface area contributed by atoms with E-state index in [2.05, 4.69) is 31.1 Å². The molecular weight excluding hydrogens is 1000 g/mol. The third-order valence-electron chi connectivity index (χ3n) is 13.4. The number of ketones is 4. The van der Waals surface area contributed by atoms with Gasteiger partial charge in [-0.15, -0.1) is 0 Å². The lowest BCUT2D eigenvalue weighted by molar-refractivity contribution is -0.117.